The van der Waals surface area contributed by atoms with Crippen LogP contribution in [-0.4, -0.2) is 28.1 Å². The Kier molecular flexibility index (Phi) is 11.0. The van der Waals surface area contributed by atoms with Crippen molar-refractivity contribution in [2.24, 2.45) is 11.8 Å². The van der Waals surface area contributed by atoms with Crippen LogP contribution < -0.4 is 0 Å². The molecule has 0 amide bonds. The normalized spacial score (nSPS) is 21.8. The second kappa shape index (κ2) is 13.1. The maximum absolute atomic E-state index is 12.0. The van der Waals surface area contributed by atoms with Crippen LogP contribution in [0, 0.1) is 11.8 Å². The van der Waals surface area contributed by atoms with Gasteiger partial charge in [0.25, 0.3) is 0 Å². The van der Waals surface area contributed by atoms with Gasteiger partial charge in [-0.2, -0.15) is 0 Å². The zero-order valence-corrected chi connectivity index (χ0v) is 15.5. The maximum atomic E-state index is 12.0. The van der Waals surface area contributed by atoms with Crippen LogP contribution in [-0.2, 0) is 9.59 Å². The summed E-state index contributed by atoms with van der Waals surface area (Å²) in [6.07, 6.45) is 22.0. The Balaban J connectivity index is 2.41. The minimum atomic E-state index is -0.825. The number of carbonyl (C=O) groups is 2. The van der Waals surface area contributed by atoms with E-state index in [2.05, 4.69) is 31.2 Å². The quantitative estimate of drug-likeness (QED) is 0.507. The Morgan fingerprint density at radius 2 is 1.96 bits per heavy atom. The lowest BCUT2D eigenvalue weighted by atomic mass is 9.90. The molecule has 0 unspecified atom stereocenters. The van der Waals surface area contributed by atoms with Crippen LogP contribution in [0.25, 0.3) is 0 Å². The van der Waals surface area contributed by atoms with Crippen molar-refractivity contribution in [1.82, 2.24) is 0 Å². The summed E-state index contributed by atoms with van der Waals surface area (Å²) in [5.74, 6) is -0.759. The Bertz CT molecular complexity index is 581. The summed E-state index contributed by atoms with van der Waals surface area (Å²) in [5, 5.41) is 18.5. The van der Waals surface area contributed by atoms with E-state index < -0.39 is 12.1 Å². The van der Waals surface area contributed by atoms with E-state index in [0.717, 1.165) is 12.8 Å². The predicted octanol–water partition coefficient (Wildman–Crippen LogP) is 4.39. The number of allylic oxidation sites excluding steroid dienone is 8. The fraction of sp³-hybridized carbons (Fsp3) is 0.455. The third kappa shape index (κ3) is 9.33. The summed E-state index contributed by atoms with van der Waals surface area (Å²) >= 11 is 0. The number of hydrogen-bond donors (Lipinski definition) is 2. The van der Waals surface area contributed by atoms with Gasteiger partial charge < -0.3 is 10.2 Å². The van der Waals surface area contributed by atoms with Crippen LogP contribution >= 0.6 is 0 Å². The molecule has 0 aromatic rings. The lowest BCUT2D eigenvalue weighted by Gasteiger charge is -2.13. The topological polar surface area (TPSA) is 74.6 Å². The van der Waals surface area contributed by atoms with Crippen LogP contribution in [0.15, 0.2) is 60.8 Å². The van der Waals surface area contributed by atoms with Gasteiger partial charge in [-0.3, -0.25) is 9.59 Å². The molecular weight excluding hydrogens is 328 g/mol. The number of carboxylic acid groups (broad SMARTS) is 1. The van der Waals surface area contributed by atoms with E-state index in [-0.39, 0.29) is 24.0 Å². The van der Waals surface area contributed by atoms with Gasteiger partial charge in [-0.25, -0.2) is 0 Å². The van der Waals surface area contributed by atoms with Gasteiger partial charge in [-0.1, -0.05) is 61.6 Å². The Morgan fingerprint density at radius 3 is 2.69 bits per heavy atom. The lowest BCUT2D eigenvalue weighted by molar-refractivity contribution is -0.136. The zero-order chi connectivity index (χ0) is 19.2. The maximum Gasteiger partial charge on any atom is 0.303 e. The van der Waals surface area contributed by atoms with Gasteiger partial charge in [0.15, 0.2) is 5.78 Å². The highest BCUT2D eigenvalue weighted by atomic mass is 16.4. The number of ketones is 1. The number of aliphatic carboxylic acids is 1. The molecule has 0 radical (unpaired) electrons. The van der Waals surface area contributed by atoms with Crippen LogP contribution in [0.5, 0.6) is 0 Å². The van der Waals surface area contributed by atoms with Crippen LogP contribution in [0.2, 0.25) is 0 Å². The second-order valence-corrected chi connectivity index (χ2v) is 6.36. The molecule has 3 atom stereocenters. The molecule has 26 heavy (non-hydrogen) atoms. The standard InChI is InChI=1S/C22H30O4/c1-2-3-4-5-6-9-12-20-18(15-17-21(20)24)14-16-19(23)11-8-7-10-13-22(25)26/h3-4,6-9,14-20,23H,2,5,10-13H2,1H3,(H,25,26)/b4-3-,8-7-,9-6-,16-14+/t18-,19+,20-/m1/s1. The third-order valence-electron chi connectivity index (χ3n) is 4.17. The Morgan fingerprint density at radius 1 is 1.19 bits per heavy atom. The van der Waals surface area contributed by atoms with Gasteiger partial charge in [0.1, 0.15) is 0 Å². The van der Waals surface area contributed by atoms with E-state index in [1.54, 1.807) is 24.3 Å². The SMILES string of the molecule is CC/C=C\C/C=C\C[C@H]1C(=O)C=C[C@H]1/C=C/[C@@H](O)C/C=C\CCC(=O)O. The Labute approximate surface area is 156 Å². The van der Waals surface area contributed by atoms with Crippen LogP contribution in [0.3, 0.4) is 0 Å². The minimum Gasteiger partial charge on any atom is -0.481 e. The number of aliphatic hydroxyl groups excluding tert-OH is 1. The van der Waals surface area contributed by atoms with Crippen molar-refractivity contribution in [3.63, 3.8) is 0 Å². The number of rotatable bonds is 12. The van der Waals surface area contributed by atoms with Crippen molar-refractivity contribution in [2.45, 2.75) is 51.6 Å². The molecule has 1 aliphatic rings. The van der Waals surface area contributed by atoms with Gasteiger partial charge >= 0.3 is 5.97 Å². The van der Waals surface area contributed by atoms with E-state index in [4.69, 9.17) is 5.11 Å². The number of carboxylic acids is 1. The molecule has 1 rings (SSSR count). The van der Waals surface area contributed by atoms with E-state index in [1.165, 1.54) is 0 Å². The molecule has 0 aliphatic heterocycles. The summed E-state index contributed by atoms with van der Waals surface area (Å²) in [4.78, 5) is 22.4. The van der Waals surface area contributed by atoms with Crippen LogP contribution in [0.1, 0.15) is 45.4 Å². The van der Waals surface area contributed by atoms with E-state index in [0.29, 0.717) is 19.3 Å². The van der Waals surface area contributed by atoms with E-state index >= 15 is 0 Å². The summed E-state index contributed by atoms with van der Waals surface area (Å²) in [7, 11) is 0. The fourth-order valence-electron chi connectivity index (χ4n) is 2.70. The first-order valence-electron chi connectivity index (χ1n) is 9.29. The van der Waals surface area contributed by atoms with Crippen molar-refractivity contribution in [2.75, 3.05) is 0 Å². The van der Waals surface area contributed by atoms with Crippen molar-refractivity contribution in [1.29, 1.82) is 0 Å². The zero-order valence-electron chi connectivity index (χ0n) is 15.5. The van der Waals surface area contributed by atoms with Gasteiger partial charge in [-0.05, 0) is 38.2 Å². The summed E-state index contributed by atoms with van der Waals surface area (Å²) < 4.78 is 0. The molecule has 0 saturated heterocycles. The molecule has 0 spiro atoms. The number of carbonyl (C=O) groups excluding carboxylic acids is 1. The molecular formula is C22H30O4. The Hall–Kier alpha value is -2.20. The van der Waals surface area contributed by atoms with E-state index in [9.17, 15) is 14.7 Å². The highest BCUT2D eigenvalue weighted by molar-refractivity contribution is 5.95. The monoisotopic (exact) mass is 358 g/mol. The average molecular weight is 358 g/mol. The fourth-order valence-corrected chi connectivity index (χ4v) is 2.70. The molecule has 2 N–H and O–H groups in total. The molecule has 0 fully saturated rings. The van der Waals surface area contributed by atoms with Crippen molar-refractivity contribution in [3.05, 3.63) is 60.8 Å². The molecule has 1 aliphatic carbocycles. The molecule has 0 aromatic carbocycles. The minimum absolute atomic E-state index is 0.0176. The highest BCUT2D eigenvalue weighted by Crippen LogP contribution is 2.27. The molecule has 0 saturated carbocycles. The van der Waals surface area contributed by atoms with E-state index in [1.807, 2.05) is 12.2 Å². The van der Waals surface area contributed by atoms with Crippen molar-refractivity contribution < 1.29 is 19.8 Å². The summed E-state index contributed by atoms with van der Waals surface area (Å²) in [6.45, 7) is 2.10. The summed E-state index contributed by atoms with van der Waals surface area (Å²) in [5.41, 5.74) is 0. The largest absolute Gasteiger partial charge is 0.481 e. The lowest BCUT2D eigenvalue weighted by Crippen LogP contribution is -2.14. The molecule has 0 aromatic heterocycles. The van der Waals surface area contributed by atoms with Gasteiger partial charge in [0.05, 0.1) is 6.10 Å². The average Bonchev–Trinajstić information content (AvgIpc) is 2.95. The first-order chi connectivity index (χ1) is 12.5. The number of hydrogen-bond acceptors (Lipinski definition) is 3. The predicted molar refractivity (Wildman–Crippen MR) is 105 cm³/mol. The molecule has 0 bridgehead atoms. The summed E-state index contributed by atoms with van der Waals surface area (Å²) in [6, 6.07) is 0. The molecule has 4 heteroatoms. The van der Waals surface area contributed by atoms with Crippen molar-refractivity contribution >= 4 is 11.8 Å². The van der Waals surface area contributed by atoms with Gasteiger partial charge in [0, 0.05) is 18.3 Å². The van der Waals surface area contributed by atoms with Gasteiger partial charge in [-0.15, -0.1) is 0 Å². The smallest absolute Gasteiger partial charge is 0.303 e. The first-order valence-corrected chi connectivity index (χ1v) is 9.29. The van der Waals surface area contributed by atoms with Crippen LogP contribution in [0.4, 0.5) is 0 Å². The second-order valence-electron chi connectivity index (χ2n) is 6.36. The first kappa shape index (κ1) is 21.8. The molecule has 4 nitrogen and oxygen atoms in total. The number of aliphatic hydroxyl groups is 1. The molecule has 0 heterocycles. The highest BCUT2D eigenvalue weighted by Gasteiger charge is 2.27. The molecule has 142 valence electrons. The van der Waals surface area contributed by atoms with Crippen molar-refractivity contribution in [3.8, 4) is 0 Å². The third-order valence-corrected chi connectivity index (χ3v) is 4.17. The van der Waals surface area contributed by atoms with Gasteiger partial charge in [0.2, 0.25) is 0 Å².